The van der Waals surface area contributed by atoms with Crippen molar-refractivity contribution in [1.29, 1.82) is 0 Å². The monoisotopic (exact) mass is 258 g/mol. The summed E-state index contributed by atoms with van der Waals surface area (Å²) in [6.07, 6.45) is 0. The molecule has 2 atom stereocenters. The topological polar surface area (TPSA) is 63.4 Å². The van der Waals surface area contributed by atoms with E-state index in [2.05, 4.69) is 0 Å². The van der Waals surface area contributed by atoms with Crippen molar-refractivity contribution in [3.05, 3.63) is 24.0 Å². The van der Waals surface area contributed by atoms with Crippen molar-refractivity contribution in [2.75, 3.05) is 19.8 Å². The number of hydrogen-bond acceptors (Lipinski definition) is 3. The lowest BCUT2D eigenvalue weighted by Gasteiger charge is -2.17. The van der Waals surface area contributed by atoms with Gasteiger partial charge in [-0.3, -0.25) is 9.00 Å². The molecule has 0 aromatic heterocycles. The predicted molar refractivity (Wildman–Crippen MR) is 65.4 cm³/mol. The second-order valence-electron chi connectivity index (χ2n) is 3.85. The van der Waals surface area contributed by atoms with Gasteiger partial charge in [-0.1, -0.05) is 0 Å². The van der Waals surface area contributed by atoms with Crippen LogP contribution in [0.4, 0.5) is 10.1 Å². The minimum atomic E-state index is -1.58. The third-order valence-corrected chi connectivity index (χ3v) is 3.95. The smallest absolute Gasteiger partial charge is 0.237 e. The number of nitrogens with zero attached hydrogens (tertiary/aromatic N) is 1. The van der Waals surface area contributed by atoms with Crippen LogP contribution in [0.15, 0.2) is 23.1 Å². The largest absolute Gasteiger partial charge is 0.398 e. The van der Waals surface area contributed by atoms with Gasteiger partial charge in [-0.2, -0.15) is 0 Å². The molecule has 0 saturated carbocycles. The van der Waals surface area contributed by atoms with Crippen LogP contribution in [0.25, 0.3) is 0 Å². The number of hydrogen-bond donors (Lipinski definition) is 1. The molecule has 0 aliphatic heterocycles. The van der Waals surface area contributed by atoms with Crippen LogP contribution < -0.4 is 5.73 Å². The van der Waals surface area contributed by atoms with Crippen molar-refractivity contribution in [1.82, 2.24) is 4.90 Å². The van der Waals surface area contributed by atoms with Crippen molar-refractivity contribution in [2.45, 2.75) is 17.1 Å². The second kappa shape index (κ2) is 5.27. The number of nitrogens with two attached hydrogens (primary N) is 1. The maximum absolute atomic E-state index is 12.8. The van der Waals surface area contributed by atoms with E-state index >= 15 is 0 Å². The van der Waals surface area contributed by atoms with Crippen molar-refractivity contribution in [2.24, 2.45) is 0 Å². The first kappa shape index (κ1) is 13.6. The SMILES string of the molecule is CC(C(=O)N(C)C)S(=O)c1ccc(F)cc1N. The van der Waals surface area contributed by atoms with Gasteiger partial charge in [-0.05, 0) is 25.1 Å². The third-order valence-electron chi connectivity index (χ3n) is 2.30. The summed E-state index contributed by atoms with van der Waals surface area (Å²) in [7, 11) is 1.59. The van der Waals surface area contributed by atoms with Gasteiger partial charge in [-0.25, -0.2) is 4.39 Å². The third kappa shape index (κ3) is 3.03. The Kier molecular flexibility index (Phi) is 4.22. The van der Waals surface area contributed by atoms with Crippen molar-refractivity contribution >= 4 is 22.4 Å². The first-order chi connectivity index (χ1) is 7.84. The molecule has 2 unspecified atom stereocenters. The fraction of sp³-hybridized carbons (Fsp3) is 0.364. The molecule has 0 radical (unpaired) electrons. The van der Waals surface area contributed by atoms with E-state index in [-0.39, 0.29) is 16.5 Å². The van der Waals surface area contributed by atoms with Gasteiger partial charge in [0.1, 0.15) is 11.1 Å². The Morgan fingerprint density at radius 1 is 1.47 bits per heavy atom. The van der Waals surface area contributed by atoms with E-state index in [0.717, 1.165) is 6.07 Å². The molecule has 6 heteroatoms. The summed E-state index contributed by atoms with van der Waals surface area (Å²) in [6.45, 7) is 1.56. The lowest BCUT2D eigenvalue weighted by molar-refractivity contribution is -0.127. The molecule has 0 aliphatic rings. The molecular formula is C11H15FN2O2S. The Labute approximate surface area is 102 Å². The maximum atomic E-state index is 12.8. The van der Waals surface area contributed by atoms with E-state index in [4.69, 9.17) is 5.73 Å². The Morgan fingerprint density at radius 3 is 2.53 bits per heavy atom. The summed E-state index contributed by atoms with van der Waals surface area (Å²) in [5.41, 5.74) is 5.68. The number of rotatable bonds is 3. The molecule has 0 fully saturated rings. The van der Waals surface area contributed by atoms with Gasteiger partial charge in [0.25, 0.3) is 0 Å². The molecular weight excluding hydrogens is 243 g/mol. The number of benzene rings is 1. The maximum Gasteiger partial charge on any atom is 0.237 e. The molecule has 0 heterocycles. The number of amides is 1. The van der Waals surface area contributed by atoms with Gasteiger partial charge < -0.3 is 10.6 Å². The molecule has 0 bridgehead atoms. The Morgan fingerprint density at radius 2 is 2.06 bits per heavy atom. The summed E-state index contributed by atoms with van der Waals surface area (Å²) in [4.78, 5) is 13.3. The average molecular weight is 258 g/mol. The molecule has 1 aromatic rings. The predicted octanol–water partition coefficient (Wildman–Crippen LogP) is 0.992. The molecule has 4 nitrogen and oxygen atoms in total. The zero-order chi connectivity index (χ0) is 13.2. The lowest BCUT2D eigenvalue weighted by atomic mass is 10.3. The highest BCUT2D eigenvalue weighted by atomic mass is 32.2. The summed E-state index contributed by atoms with van der Waals surface area (Å²) >= 11 is 0. The van der Waals surface area contributed by atoms with Crippen LogP contribution in [0, 0.1) is 5.82 Å². The summed E-state index contributed by atoms with van der Waals surface area (Å²) in [5.74, 6) is -0.748. The fourth-order valence-electron chi connectivity index (χ4n) is 1.35. The molecule has 0 spiro atoms. The highest BCUT2D eigenvalue weighted by molar-refractivity contribution is 7.86. The van der Waals surface area contributed by atoms with E-state index in [1.165, 1.54) is 17.0 Å². The minimum absolute atomic E-state index is 0.0988. The normalized spacial score (nSPS) is 14.1. The van der Waals surface area contributed by atoms with Crippen LogP contribution in [-0.4, -0.2) is 34.4 Å². The van der Waals surface area contributed by atoms with Crippen LogP contribution in [-0.2, 0) is 15.6 Å². The molecule has 1 amide bonds. The first-order valence-corrected chi connectivity index (χ1v) is 6.22. The van der Waals surface area contributed by atoms with E-state index in [1.807, 2.05) is 0 Å². The van der Waals surface area contributed by atoms with Gasteiger partial charge in [0.05, 0.1) is 21.4 Å². The molecule has 1 rings (SSSR count). The van der Waals surface area contributed by atoms with Gasteiger partial charge in [0, 0.05) is 14.1 Å². The minimum Gasteiger partial charge on any atom is -0.398 e. The molecule has 1 aromatic carbocycles. The number of nitrogen functional groups attached to an aromatic ring is 1. The van der Waals surface area contributed by atoms with Crippen LogP contribution in [0.3, 0.4) is 0 Å². The van der Waals surface area contributed by atoms with E-state index < -0.39 is 21.9 Å². The summed E-state index contributed by atoms with van der Waals surface area (Å²) in [5, 5.41) is -0.710. The van der Waals surface area contributed by atoms with Gasteiger partial charge in [-0.15, -0.1) is 0 Å². The molecule has 0 aliphatic carbocycles. The Hall–Kier alpha value is -1.43. The Balaban J connectivity index is 3.01. The fourth-order valence-corrected chi connectivity index (χ4v) is 2.62. The van der Waals surface area contributed by atoms with Gasteiger partial charge >= 0.3 is 0 Å². The van der Waals surface area contributed by atoms with Gasteiger partial charge in [0.15, 0.2) is 0 Å². The number of carbonyl (C=O) groups is 1. The van der Waals surface area contributed by atoms with Crippen LogP contribution >= 0.6 is 0 Å². The molecule has 0 saturated heterocycles. The van der Waals surface area contributed by atoms with Crippen LogP contribution in [0.5, 0.6) is 0 Å². The molecule has 2 N–H and O–H groups in total. The zero-order valence-electron chi connectivity index (χ0n) is 9.94. The van der Waals surface area contributed by atoms with Crippen LogP contribution in [0.1, 0.15) is 6.92 Å². The van der Waals surface area contributed by atoms with Gasteiger partial charge in [0.2, 0.25) is 5.91 Å². The summed E-state index contributed by atoms with van der Waals surface area (Å²) < 4.78 is 24.9. The highest BCUT2D eigenvalue weighted by Crippen LogP contribution is 2.20. The average Bonchev–Trinajstić information content (AvgIpc) is 2.26. The lowest BCUT2D eigenvalue weighted by Crippen LogP contribution is -2.34. The standard InChI is InChI=1S/C11H15FN2O2S/c1-7(11(15)14(2)3)17(16)10-5-4-8(12)6-9(10)13/h4-7H,13H2,1-3H3. The summed E-state index contributed by atoms with van der Waals surface area (Å²) in [6, 6.07) is 3.62. The van der Waals surface area contributed by atoms with Crippen molar-refractivity contribution in [3.8, 4) is 0 Å². The zero-order valence-corrected chi connectivity index (χ0v) is 10.8. The van der Waals surface area contributed by atoms with E-state index in [1.54, 1.807) is 21.0 Å². The van der Waals surface area contributed by atoms with Crippen LogP contribution in [0.2, 0.25) is 0 Å². The quantitative estimate of drug-likeness (QED) is 0.822. The second-order valence-corrected chi connectivity index (χ2v) is 5.60. The number of anilines is 1. The molecule has 17 heavy (non-hydrogen) atoms. The van der Waals surface area contributed by atoms with E-state index in [0.29, 0.717) is 0 Å². The number of halogens is 1. The first-order valence-electron chi connectivity index (χ1n) is 5.01. The van der Waals surface area contributed by atoms with E-state index in [9.17, 15) is 13.4 Å². The molecule has 94 valence electrons. The highest BCUT2D eigenvalue weighted by Gasteiger charge is 2.24. The van der Waals surface area contributed by atoms with Crippen molar-refractivity contribution in [3.63, 3.8) is 0 Å². The van der Waals surface area contributed by atoms with Crippen molar-refractivity contribution < 1.29 is 13.4 Å². The number of carbonyl (C=O) groups excluding carboxylic acids is 1. The Bertz CT molecular complexity index is 463.